The number of ether oxygens (including phenoxy) is 1. The Labute approximate surface area is 165 Å². The first kappa shape index (κ1) is 18.9. The zero-order valence-corrected chi connectivity index (χ0v) is 16.5. The molecular weight excluding hydrogens is 408 g/mol. The second-order valence-electron chi connectivity index (χ2n) is 6.23. The summed E-state index contributed by atoms with van der Waals surface area (Å²) in [7, 11) is 0. The number of amides is 1. The number of fused-ring (bicyclic) bond motifs is 1. The lowest BCUT2D eigenvalue weighted by Gasteiger charge is -2.13. The Bertz CT molecular complexity index is 1020. The maximum atomic E-state index is 12.5. The van der Waals surface area contributed by atoms with E-state index in [1.54, 1.807) is 18.2 Å². The Balaban J connectivity index is 1.85. The quantitative estimate of drug-likeness (QED) is 0.451. The number of hydrazone groups is 1. The number of aromatic hydroxyl groups is 1. The molecule has 0 aliphatic rings. The molecule has 3 aromatic carbocycles. The number of halogens is 1. The number of hydrogen-bond donors (Lipinski definition) is 2. The minimum absolute atomic E-state index is 0.0612. The van der Waals surface area contributed by atoms with E-state index in [0.29, 0.717) is 16.9 Å². The summed E-state index contributed by atoms with van der Waals surface area (Å²) in [6.45, 7) is 3.79. The third kappa shape index (κ3) is 4.46. The molecule has 1 amide bonds. The van der Waals surface area contributed by atoms with Crippen molar-refractivity contribution in [1.29, 1.82) is 0 Å². The van der Waals surface area contributed by atoms with Crippen LogP contribution in [0.4, 0.5) is 0 Å². The summed E-state index contributed by atoms with van der Waals surface area (Å²) in [5, 5.41) is 16.0. The van der Waals surface area contributed by atoms with Crippen LogP contribution in [-0.2, 0) is 0 Å². The second kappa shape index (κ2) is 8.22. The van der Waals surface area contributed by atoms with E-state index < -0.39 is 5.91 Å². The van der Waals surface area contributed by atoms with Crippen molar-refractivity contribution in [2.45, 2.75) is 20.0 Å². The maximum Gasteiger partial charge on any atom is 0.275 e. The van der Waals surface area contributed by atoms with E-state index in [4.69, 9.17) is 4.74 Å². The van der Waals surface area contributed by atoms with Crippen LogP contribution in [0.2, 0.25) is 0 Å². The zero-order chi connectivity index (χ0) is 19.4. The van der Waals surface area contributed by atoms with Crippen LogP contribution < -0.4 is 10.2 Å². The summed E-state index contributed by atoms with van der Waals surface area (Å²) in [6.07, 6.45) is 1.38. The SMILES string of the molecule is CC(C)Oc1ccc(Br)cc1C(=O)NN=Cc1c(O)ccc2ccccc12. The molecular formula is C21H19BrN2O3. The van der Waals surface area contributed by atoms with Crippen LogP contribution in [0, 0.1) is 0 Å². The fourth-order valence-electron chi connectivity index (χ4n) is 2.67. The minimum Gasteiger partial charge on any atom is -0.507 e. The molecule has 5 nitrogen and oxygen atoms in total. The van der Waals surface area contributed by atoms with E-state index in [0.717, 1.165) is 15.2 Å². The smallest absolute Gasteiger partial charge is 0.275 e. The number of rotatable bonds is 5. The Morgan fingerprint density at radius 3 is 2.74 bits per heavy atom. The van der Waals surface area contributed by atoms with Crippen molar-refractivity contribution < 1.29 is 14.6 Å². The minimum atomic E-state index is -0.400. The lowest BCUT2D eigenvalue weighted by Crippen LogP contribution is -2.20. The molecule has 27 heavy (non-hydrogen) atoms. The van der Waals surface area contributed by atoms with Gasteiger partial charge in [0.05, 0.1) is 17.9 Å². The average molecular weight is 427 g/mol. The van der Waals surface area contributed by atoms with Crippen molar-refractivity contribution in [2.75, 3.05) is 0 Å². The monoisotopic (exact) mass is 426 g/mol. The molecule has 0 bridgehead atoms. The van der Waals surface area contributed by atoms with E-state index in [1.165, 1.54) is 6.21 Å². The number of nitrogens with zero attached hydrogens (tertiary/aromatic N) is 1. The van der Waals surface area contributed by atoms with Gasteiger partial charge in [-0.1, -0.05) is 46.3 Å². The van der Waals surface area contributed by atoms with Gasteiger partial charge in [0.1, 0.15) is 11.5 Å². The fourth-order valence-corrected chi connectivity index (χ4v) is 3.03. The van der Waals surface area contributed by atoms with Crippen LogP contribution in [0.3, 0.4) is 0 Å². The van der Waals surface area contributed by atoms with E-state index in [-0.39, 0.29) is 11.9 Å². The van der Waals surface area contributed by atoms with Crippen molar-refractivity contribution in [3.05, 3.63) is 70.2 Å². The van der Waals surface area contributed by atoms with Crippen molar-refractivity contribution in [3.63, 3.8) is 0 Å². The van der Waals surface area contributed by atoms with Gasteiger partial charge in [-0.2, -0.15) is 5.10 Å². The van der Waals surface area contributed by atoms with Crippen molar-refractivity contribution in [1.82, 2.24) is 5.43 Å². The van der Waals surface area contributed by atoms with Crippen LogP contribution in [0.1, 0.15) is 29.8 Å². The molecule has 0 spiro atoms. The number of phenols is 1. The first-order chi connectivity index (χ1) is 13.0. The third-order valence-corrected chi connectivity index (χ3v) is 4.35. The highest BCUT2D eigenvalue weighted by atomic mass is 79.9. The Kier molecular flexibility index (Phi) is 5.76. The van der Waals surface area contributed by atoms with Gasteiger partial charge in [0.25, 0.3) is 5.91 Å². The van der Waals surface area contributed by atoms with Gasteiger partial charge in [-0.3, -0.25) is 4.79 Å². The normalized spacial score (nSPS) is 11.3. The highest BCUT2D eigenvalue weighted by Gasteiger charge is 2.14. The largest absolute Gasteiger partial charge is 0.507 e. The highest BCUT2D eigenvalue weighted by molar-refractivity contribution is 9.10. The van der Waals surface area contributed by atoms with E-state index in [2.05, 4.69) is 26.5 Å². The number of carbonyl (C=O) groups excluding carboxylic acids is 1. The van der Waals surface area contributed by atoms with E-state index >= 15 is 0 Å². The average Bonchev–Trinajstić information content (AvgIpc) is 2.64. The van der Waals surface area contributed by atoms with Crippen LogP contribution in [-0.4, -0.2) is 23.3 Å². The summed E-state index contributed by atoms with van der Waals surface area (Å²) in [6, 6.07) is 16.3. The van der Waals surface area contributed by atoms with Gasteiger partial charge >= 0.3 is 0 Å². The summed E-state index contributed by atoms with van der Waals surface area (Å²) in [5.74, 6) is 0.176. The Hall–Kier alpha value is -2.86. The first-order valence-corrected chi connectivity index (χ1v) is 9.25. The number of hydrogen-bond acceptors (Lipinski definition) is 4. The Morgan fingerprint density at radius 2 is 1.96 bits per heavy atom. The highest BCUT2D eigenvalue weighted by Crippen LogP contribution is 2.26. The van der Waals surface area contributed by atoms with Crippen LogP contribution in [0.5, 0.6) is 11.5 Å². The van der Waals surface area contributed by atoms with E-state index in [1.807, 2.05) is 50.2 Å². The van der Waals surface area contributed by atoms with Crippen LogP contribution >= 0.6 is 15.9 Å². The predicted molar refractivity (Wildman–Crippen MR) is 111 cm³/mol. The van der Waals surface area contributed by atoms with Gasteiger partial charge in [0, 0.05) is 10.0 Å². The van der Waals surface area contributed by atoms with Gasteiger partial charge < -0.3 is 9.84 Å². The second-order valence-corrected chi connectivity index (χ2v) is 7.14. The van der Waals surface area contributed by atoms with Gasteiger partial charge in [0.2, 0.25) is 0 Å². The number of nitrogens with one attached hydrogen (secondary N) is 1. The van der Waals surface area contributed by atoms with E-state index in [9.17, 15) is 9.90 Å². The fraction of sp³-hybridized carbons (Fsp3) is 0.143. The zero-order valence-electron chi connectivity index (χ0n) is 14.9. The maximum absolute atomic E-state index is 12.5. The standard InChI is InChI=1S/C21H19BrN2O3/c1-13(2)27-20-10-8-15(22)11-17(20)21(26)24-23-12-18-16-6-4-3-5-14(16)7-9-19(18)25/h3-13,25H,1-2H3,(H,24,26). The third-order valence-electron chi connectivity index (χ3n) is 3.86. The van der Waals surface area contributed by atoms with Crippen LogP contribution in [0.15, 0.2) is 64.2 Å². The summed E-state index contributed by atoms with van der Waals surface area (Å²) in [5.41, 5.74) is 3.41. The first-order valence-electron chi connectivity index (χ1n) is 8.46. The molecule has 0 radical (unpaired) electrons. The molecule has 0 aromatic heterocycles. The molecule has 2 N–H and O–H groups in total. The molecule has 3 rings (SSSR count). The van der Waals surface area contributed by atoms with Gasteiger partial charge in [0.15, 0.2) is 0 Å². The van der Waals surface area contributed by atoms with Crippen molar-refractivity contribution in [3.8, 4) is 11.5 Å². The molecule has 0 saturated heterocycles. The molecule has 0 fully saturated rings. The van der Waals surface area contributed by atoms with Gasteiger partial charge in [-0.15, -0.1) is 0 Å². The molecule has 3 aromatic rings. The van der Waals surface area contributed by atoms with Crippen molar-refractivity contribution >= 4 is 38.8 Å². The molecule has 0 unspecified atom stereocenters. The number of carbonyl (C=O) groups is 1. The predicted octanol–water partition coefficient (Wildman–Crippen LogP) is 4.86. The molecule has 138 valence electrons. The molecule has 0 heterocycles. The van der Waals surface area contributed by atoms with Crippen LogP contribution in [0.25, 0.3) is 10.8 Å². The number of phenolic OH excluding ortho intramolecular Hbond substituents is 1. The topological polar surface area (TPSA) is 70.9 Å². The molecule has 0 atom stereocenters. The Morgan fingerprint density at radius 1 is 1.19 bits per heavy atom. The number of benzene rings is 3. The molecule has 0 saturated carbocycles. The summed E-state index contributed by atoms with van der Waals surface area (Å²) in [4.78, 5) is 12.5. The molecule has 0 aliphatic heterocycles. The van der Waals surface area contributed by atoms with Gasteiger partial charge in [-0.05, 0) is 48.9 Å². The summed E-state index contributed by atoms with van der Waals surface area (Å²) < 4.78 is 6.45. The molecule has 6 heteroatoms. The summed E-state index contributed by atoms with van der Waals surface area (Å²) >= 11 is 3.37. The molecule has 0 aliphatic carbocycles. The lowest BCUT2D eigenvalue weighted by molar-refractivity contribution is 0.0949. The van der Waals surface area contributed by atoms with Crippen molar-refractivity contribution in [2.24, 2.45) is 5.10 Å². The lowest BCUT2D eigenvalue weighted by atomic mass is 10.0. The van der Waals surface area contributed by atoms with Gasteiger partial charge in [-0.25, -0.2) is 5.43 Å².